The summed E-state index contributed by atoms with van der Waals surface area (Å²) >= 11 is 7.73. The first-order chi connectivity index (χ1) is 8.65. The normalized spacial score (nSPS) is 18.6. The van der Waals surface area contributed by atoms with E-state index in [1.807, 2.05) is 0 Å². The molecule has 0 aliphatic carbocycles. The van der Waals surface area contributed by atoms with E-state index < -0.39 is 0 Å². The minimum atomic E-state index is -0.274. The molecule has 1 fully saturated rings. The van der Waals surface area contributed by atoms with Gasteiger partial charge in [-0.25, -0.2) is 4.39 Å². The van der Waals surface area contributed by atoms with Crippen LogP contribution in [0, 0.1) is 11.2 Å². The van der Waals surface area contributed by atoms with E-state index in [1.54, 1.807) is 6.07 Å². The average Bonchev–Trinajstić information content (AvgIpc) is 2.39. The monoisotopic (exact) mass is 334 g/mol. The fourth-order valence-electron chi connectivity index (χ4n) is 1.98. The molecule has 0 aromatic heterocycles. The third-order valence-electron chi connectivity index (χ3n) is 3.32. The van der Waals surface area contributed by atoms with Crippen molar-refractivity contribution in [2.24, 2.45) is 5.41 Å². The van der Waals surface area contributed by atoms with Gasteiger partial charge in [0.2, 0.25) is 0 Å². The van der Waals surface area contributed by atoms with Crippen molar-refractivity contribution in [2.45, 2.75) is 12.8 Å². The van der Waals surface area contributed by atoms with Crippen LogP contribution in [0.5, 0.6) is 5.75 Å². The van der Waals surface area contributed by atoms with Crippen molar-refractivity contribution in [1.82, 2.24) is 0 Å². The van der Waals surface area contributed by atoms with Gasteiger partial charge in [-0.05, 0) is 52.7 Å². The maximum absolute atomic E-state index is 13.0. The van der Waals surface area contributed by atoms with E-state index >= 15 is 0 Å². The molecule has 2 rings (SSSR count). The second-order valence-corrected chi connectivity index (χ2v) is 5.80. The van der Waals surface area contributed by atoms with Crippen molar-refractivity contribution in [2.75, 3.05) is 25.6 Å². The molecule has 0 bridgehead atoms. The highest BCUT2D eigenvalue weighted by Crippen LogP contribution is 2.34. The lowest BCUT2D eigenvalue weighted by Gasteiger charge is -2.35. The van der Waals surface area contributed by atoms with Gasteiger partial charge in [-0.2, -0.15) is 12.6 Å². The van der Waals surface area contributed by atoms with Crippen molar-refractivity contribution in [3.63, 3.8) is 0 Å². The Hall–Kier alpha value is -0.260. The summed E-state index contributed by atoms with van der Waals surface area (Å²) in [6.45, 7) is 2.10. The fourth-order valence-corrected chi connectivity index (χ4v) is 2.85. The van der Waals surface area contributed by atoms with Gasteiger partial charge in [-0.1, -0.05) is 0 Å². The Kier molecular flexibility index (Phi) is 4.92. The summed E-state index contributed by atoms with van der Waals surface area (Å²) < 4.78 is 24.8. The third kappa shape index (κ3) is 3.39. The van der Waals surface area contributed by atoms with Crippen molar-refractivity contribution >= 4 is 28.6 Å². The van der Waals surface area contributed by atoms with E-state index in [0.717, 1.165) is 31.8 Å². The lowest BCUT2D eigenvalue weighted by atomic mass is 9.83. The molecular formula is C13H16BrFO2S. The second-order valence-electron chi connectivity index (χ2n) is 4.63. The molecule has 100 valence electrons. The number of rotatable bonds is 4. The molecular weight excluding hydrogens is 319 g/mol. The molecule has 0 atom stereocenters. The summed E-state index contributed by atoms with van der Waals surface area (Å²) in [5.74, 6) is 1.17. The second kappa shape index (κ2) is 6.26. The Morgan fingerprint density at radius 2 is 2.11 bits per heavy atom. The molecule has 1 aromatic rings. The van der Waals surface area contributed by atoms with Crippen LogP contribution in [0.1, 0.15) is 12.8 Å². The van der Waals surface area contributed by atoms with Crippen LogP contribution < -0.4 is 4.74 Å². The molecule has 0 radical (unpaired) electrons. The average molecular weight is 335 g/mol. The van der Waals surface area contributed by atoms with Gasteiger partial charge in [0.05, 0.1) is 11.1 Å². The molecule has 1 aromatic carbocycles. The summed E-state index contributed by atoms with van der Waals surface area (Å²) in [6, 6.07) is 4.45. The molecule has 18 heavy (non-hydrogen) atoms. The van der Waals surface area contributed by atoms with Crippen LogP contribution in [0.4, 0.5) is 4.39 Å². The molecule has 2 nitrogen and oxygen atoms in total. The minimum Gasteiger partial charge on any atom is -0.492 e. The van der Waals surface area contributed by atoms with Crippen LogP contribution in [0.3, 0.4) is 0 Å². The number of ether oxygens (including phenoxy) is 2. The molecule has 0 unspecified atom stereocenters. The Labute approximate surface area is 120 Å². The van der Waals surface area contributed by atoms with Gasteiger partial charge in [0.15, 0.2) is 0 Å². The standard InChI is InChI=1S/C13H16BrFO2S/c14-11-7-10(15)1-2-12(11)17-8-13(9-18)3-5-16-6-4-13/h1-2,7,18H,3-6,8-9H2. The number of thiol groups is 1. The Balaban J connectivity index is 2.01. The molecule has 1 heterocycles. The largest absolute Gasteiger partial charge is 0.492 e. The molecule has 0 spiro atoms. The smallest absolute Gasteiger partial charge is 0.133 e. The maximum Gasteiger partial charge on any atom is 0.133 e. The van der Waals surface area contributed by atoms with E-state index in [-0.39, 0.29) is 11.2 Å². The van der Waals surface area contributed by atoms with Crippen molar-refractivity contribution in [1.29, 1.82) is 0 Å². The van der Waals surface area contributed by atoms with Crippen LogP contribution in [-0.2, 0) is 4.74 Å². The quantitative estimate of drug-likeness (QED) is 0.846. The zero-order valence-electron chi connectivity index (χ0n) is 9.99. The Bertz CT molecular complexity index is 408. The third-order valence-corrected chi connectivity index (χ3v) is 4.61. The number of hydrogen-bond acceptors (Lipinski definition) is 3. The van der Waals surface area contributed by atoms with E-state index in [9.17, 15) is 4.39 Å². The minimum absolute atomic E-state index is 0.0647. The Morgan fingerprint density at radius 1 is 1.39 bits per heavy atom. The van der Waals surface area contributed by atoms with Gasteiger partial charge in [-0.15, -0.1) is 0 Å². The van der Waals surface area contributed by atoms with Crippen molar-refractivity contribution in [3.05, 3.63) is 28.5 Å². The van der Waals surface area contributed by atoms with Gasteiger partial charge >= 0.3 is 0 Å². The summed E-state index contributed by atoms with van der Waals surface area (Å²) in [4.78, 5) is 0. The highest BCUT2D eigenvalue weighted by molar-refractivity contribution is 9.10. The molecule has 1 saturated heterocycles. The number of halogens is 2. The van der Waals surface area contributed by atoms with Crippen LogP contribution in [-0.4, -0.2) is 25.6 Å². The summed E-state index contributed by atoms with van der Waals surface area (Å²) in [7, 11) is 0. The zero-order chi connectivity index (χ0) is 13.0. The first-order valence-corrected chi connectivity index (χ1v) is 7.34. The lowest BCUT2D eigenvalue weighted by molar-refractivity contribution is 0.00296. The van der Waals surface area contributed by atoms with Gasteiger partial charge in [0.25, 0.3) is 0 Å². The Morgan fingerprint density at radius 3 is 2.72 bits per heavy atom. The molecule has 1 aliphatic rings. The van der Waals surface area contributed by atoms with Crippen molar-refractivity contribution < 1.29 is 13.9 Å². The van der Waals surface area contributed by atoms with Gasteiger partial charge < -0.3 is 9.47 Å². The highest BCUT2D eigenvalue weighted by atomic mass is 79.9. The lowest BCUT2D eigenvalue weighted by Crippen LogP contribution is -2.36. The molecule has 0 N–H and O–H groups in total. The molecule has 0 saturated carbocycles. The molecule has 0 amide bonds. The summed E-state index contributed by atoms with van der Waals surface area (Å²) in [5.41, 5.74) is 0.0647. The van der Waals surface area contributed by atoms with Crippen LogP contribution in [0.25, 0.3) is 0 Å². The van der Waals surface area contributed by atoms with Gasteiger partial charge in [0, 0.05) is 18.6 Å². The fraction of sp³-hybridized carbons (Fsp3) is 0.538. The molecule has 5 heteroatoms. The maximum atomic E-state index is 13.0. The van der Waals surface area contributed by atoms with Gasteiger partial charge in [0.1, 0.15) is 11.6 Å². The zero-order valence-corrected chi connectivity index (χ0v) is 12.5. The van der Waals surface area contributed by atoms with Crippen LogP contribution >= 0.6 is 28.6 Å². The molecule has 1 aliphatic heterocycles. The predicted molar refractivity (Wildman–Crippen MR) is 75.9 cm³/mol. The first-order valence-electron chi connectivity index (χ1n) is 5.92. The predicted octanol–water partition coefficient (Wildman–Crippen LogP) is 3.69. The summed E-state index contributed by atoms with van der Waals surface area (Å²) in [5, 5.41) is 0. The van der Waals surface area contributed by atoms with Crippen molar-refractivity contribution in [3.8, 4) is 5.75 Å². The highest BCUT2D eigenvalue weighted by Gasteiger charge is 2.32. The van der Waals surface area contributed by atoms with Crippen LogP contribution in [0.15, 0.2) is 22.7 Å². The van der Waals surface area contributed by atoms with E-state index in [2.05, 4.69) is 28.6 Å². The number of benzene rings is 1. The van der Waals surface area contributed by atoms with Gasteiger partial charge in [-0.3, -0.25) is 0 Å². The van der Waals surface area contributed by atoms with E-state index in [4.69, 9.17) is 9.47 Å². The van der Waals surface area contributed by atoms with Crippen LogP contribution in [0.2, 0.25) is 0 Å². The number of hydrogen-bond donors (Lipinski definition) is 1. The first kappa shape index (κ1) is 14.2. The SMILES string of the molecule is Fc1ccc(OCC2(CS)CCOCC2)c(Br)c1. The van der Waals surface area contributed by atoms with E-state index in [1.165, 1.54) is 12.1 Å². The topological polar surface area (TPSA) is 18.5 Å². The summed E-state index contributed by atoms with van der Waals surface area (Å²) in [6.07, 6.45) is 1.91. The van der Waals surface area contributed by atoms with E-state index in [0.29, 0.717) is 16.8 Å².